The first-order chi connectivity index (χ1) is 9.35. The predicted molar refractivity (Wildman–Crippen MR) is 80.4 cm³/mol. The fourth-order valence-electron chi connectivity index (χ4n) is 2.61. The molecule has 19 heavy (non-hydrogen) atoms. The molecule has 1 heterocycles. The molecule has 0 saturated carbocycles. The number of unbranched alkanes of at least 4 members (excludes halogenated alkanes) is 3. The number of rotatable bonds is 7. The number of hydrogen-bond donors (Lipinski definition) is 0. The zero-order valence-corrected chi connectivity index (χ0v) is 12.0. The van der Waals surface area contributed by atoms with Gasteiger partial charge in [-0.1, -0.05) is 50.5 Å². The zero-order chi connectivity index (χ0) is 13.5. The smallest absolute Gasteiger partial charge is 0.142 e. The fraction of sp³-hybridized carbons (Fsp3) is 0.529. The maximum atomic E-state index is 5.95. The van der Waals surface area contributed by atoms with Crippen molar-refractivity contribution in [2.75, 3.05) is 13.3 Å². The molecule has 2 heteroatoms. The third-order valence-electron chi connectivity index (χ3n) is 3.66. The highest BCUT2D eigenvalue weighted by Crippen LogP contribution is 2.29. The first kappa shape index (κ1) is 14.1. The molecule has 0 bridgehead atoms. The van der Waals surface area contributed by atoms with Gasteiger partial charge in [0.1, 0.15) is 12.5 Å². The van der Waals surface area contributed by atoms with Crippen LogP contribution in [-0.2, 0) is 13.0 Å². The summed E-state index contributed by atoms with van der Waals surface area (Å²) in [4.78, 5) is 2.40. The van der Waals surface area contributed by atoms with Gasteiger partial charge in [-0.25, -0.2) is 0 Å². The average molecular weight is 259 g/mol. The van der Waals surface area contributed by atoms with E-state index in [0.717, 1.165) is 32.0 Å². The van der Waals surface area contributed by atoms with Gasteiger partial charge in [0, 0.05) is 18.7 Å². The lowest BCUT2D eigenvalue weighted by molar-refractivity contribution is 0.0926. The molecular formula is C17H25NO. The van der Waals surface area contributed by atoms with Crippen molar-refractivity contribution in [3.05, 3.63) is 42.0 Å². The number of allylic oxidation sites excluding steroid dienone is 1. The van der Waals surface area contributed by atoms with Crippen LogP contribution in [0, 0.1) is 0 Å². The Kier molecular flexibility index (Phi) is 5.46. The van der Waals surface area contributed by atoms with Gasteiger partial charge < -0.3 is 4.74 Å². The van der Waals surface area contributed by atoms with Gasteiger partial charge >= 0.3 is 0 Å². The minimum Gasteiger partial charge on any atom is -0.477 e. The van der Waals surface area contributed by atoms with Gasteiger partial charge in [0.15, 0.2) is 0 Å². The molecule has 0 amide bonds. The number of nitrogens with zero attached hydrogens (tertiary/aromatic N) is 1. The molecule has 2 nitrogen and oxygen atoms in total. The number of fused-ring (bicyclic) bond motifs is 1. The molecule has 1 aliphatic heterocycles. The van der Waals surface area contributed by atoms with E-state index in [0.29, 0.717) is 0 Å². The maximum Gasteiger partial charge on any atom is 0.142 e. The van der Waals surface area contributed by atoms with Crippen LogP contribution in [0.4, 0.5) is 0 Å². The normalized spacial score (nSPS) is 14.8. The Morgan fingerprint density at radius 2 is 2.21 bits per heavy atom. The quantitative estimate of drug-likeness (QED) is 0.539. The van der Waals surface area contributed by atoms with E-state index < -0.39 is 0 Å². The Morgan fingerprint density at radius 1 is 1.32 bits per heavy atom. The minimum absolute atomic E-state index is 0.729. The molecule has 0 saturated heterocycles. The summed E-state index contributed by atoms with van der Waals surface area (Å²) >= 11 is 0. The van der Waals surface area contributed by atoms with E-state index in [4.69, 9.17) is 4.74 Å². The third kappa shape index (κ3) is 3.84. The summed E-state index contributed by atoms with van der Waals surface area (Å²) < 4.78 is 5.95. The van der Waals surface area contributed by atoms with Crippen LogP contribution in [-0.4, -0.2) is 18.2 Å². The first-order valence-corrected chi connectivity index (χ1v) is 7.42. The van der Waals surface area contributed by atoms with Gasteiger partial charge in [0.2, 0.25) is 0 Å². The second-order valence-corrected chi connectivity index (χ2v) is 5.28. The molecule has 0 N–H and O–H groups in total. The van der Waals surface area contributed by atoms with E-state index >= 15 is 0 Å². The average Bonchev–Trinajstić information content (AvgIpc) is 2.44. The first-order valence-electron chi connectivity index (χ1n) is 7.42. The van der Waals surface area contributed by atoms with Crippen molar-refractivity contribution in [1.82, 2.24) is 4.90 Å². The molecule has 0 fully saturated rings. The van der Waals surface area contributed by atoms with E-state index in [9.17, 15) is 0 Å². The molecule has 0 atom stereocenters. The van der Waals surface area contributed by atoms with Crippen LogP contribution in [0.5, 0.6) is 5.75 Å². The lowest BCUT2D eigenvalue weighted by Gasteiger charge is -2.30. The number of ether oxygens (including phenoxy) is 1. The van der Waals surface area contributed by atoms with Crippen LogP contribution in [0.3, 0.4) is 0 Å². The Morgan fingerprint density at radius 3 is 3.00 bits per heavy atom. The van der Waals surface area contributed by atoms with Crippen LogP contribution in [0.15, 0.2) is 30.9 Å². The third-order valence-corrected chi connectivity index (χ3v) is 3.66. The highest BCUT2D eigenvalue weighted by Gasteiger charge is 2.18. The topological polar surface area (TPSA) is 12.5 Å². The molecule has 2 rings (SSSR count). The molecule has 104 valence electrons. The SMILES string of the molecule is C=CCc1cccc2c1OCN(CCCCCC)C2. The molecule has 0 aliphatic carbocycles. The molecular weight excluding hydrogens is 234 g/mol. The Bertz CT molecular complexity index is 414. The van der Waals surface area contributed by atoms with Crippen LogP contribution >= 0.6 is 0 Å². The molecule has 1 aromatic rings. The molecule has 0 unspecified atom stereocenters. The minimum atomic E-state index is 0.729. The molecule has 1 aromatic carbocycles. The maximum absolute atomic E-state index is 5.95. The monoisotopic (exact) mass is 259 g/mol. The summed E-state index contributed by atoms with van der Waals surface area (Å²) in [6, 6.07) is 6.44. The second-order valence-electron chi connectivity index (χ2n) is 5.28. The highest BCUT2D eigenvalue weighted by atomic mass is 16.5. The molecule has 1 aliphatic rings. The van der Waals surface area contributed by atoms with Gasteiger partial charge in [0.25, 0.3) is 0 Å². The van der Waals surface area contributed by atoms with E-state index in [1.807, 2.05) is 6.08 Å². The van der Waals surface area contributed by atoms with Crippen molar-refractivity contribution in [2.45, 2.75) is 45.6 Å². The van der Waals surface area contributed by atoms with Crippen LogP contribution < -0.4 is 4.74 Å². The van der Waals surface area contributed by atoms with Gasteiger partial charge in [-0.3, -0.25) is 4.90 Å². The number of para-hydroxylation sites is 1. The Hall–Kier alpha value is -1.28. The Labute approximate surface area is 117 Å². The fourth-order valence-corrected chi connectivity index (χ4v) is 2.61. The van der Waals surface area contributed by atoms with Gasteiger partial charge in [-0.2, -0.15) is 0 Å². The van der Waals surface area contributed by atoms with Gasteiger partial charge in [-0.15, -0.1) is 6.58 Å². The molecule has 0 radical (unpaired) electrons. The van der Waals surface area contributed by atoms with Crippen molar-refractivity contribution in [1.29, 1.82) is 0 Å². The van der Waals surface area contributed by atoms with E-state index in [2.05, 4.69) is 36.6 Å². The summed E-state index contributed by atoms with van der Waals surface area (Å²) in [7, 11) is 0. The van der Waals surface area contributed by atoms with Crippen LogP contribution in [0.2, 0.25) is 0 Å². The molecule has 0 aromatic heterocycles. The van der Waals surface area contributed by atoms with Gasteiger partial charge in [0.05, 0.1) is 0 Å². The molecule has 0 spiro atoms. The van der Waals surface area contributed by atoms with Gasteiger partial charge in [-0.05, 0) is 18.4 Å². The standard InChI is InChI=1S/C17H25NO/c1-3-5-6-7-12-18-13-16-11-8-10-15(9-4-2)17(16)19-14-18/h4,8,10-11H,2-3,5-7,9,12-14H2,1H3. The van der Waals surface area contributed by atoms with Crippen molar-refractivity contribution in [3.63, 3.8) is 0 Å². The zero-order valence-electron chi connectivity index (χ0n) is 12.0. The lowest BCUT2D eigenvalue weighted by atomic mass is 10.0. The number of hydrogen-bond acceptors (Lipinski definition) is 2. The lowest BCUT2D eigenvalue weighted by Crippen LogP contribution is -2.33. The van der Waals surface area contributed by atoms with Crippen LogP contribution in [0.1, 0.15) is 43.7 Å². The Balaban J connectivity index is 1.92. The second kappa shape index (κ2) is 7.34. The van der Waals surface area contributed by atoms with Crippen molar-refractivity contribution in [3.8, 4) is 5.75 Å². The highest BCUT2D eigenvalue weighted by molar-refractivity contribution is 5.43. The van der Waals surface area contributed by atoms with E-state index in [-0.39, 0.29) is 0 Å². The summed E-state index contributed by atoms with van der Waals surface area (Å²) in [5.41, 5.74) is 2.58. The predicted octanol–water partition coefficient (Wildman–Crippen LogP) is 4.15. The van der Waals surface area contributed by atoms with Crippen LogP contribution in [0.25, 0.3) is 0 Å². The van der Waals surface area contributed by atoms with Crippen molar-refractivity contribution >= 4 is 0 Å². The number of benzene rings is 1. The van der Waals surface area contributed by atoms with Crippen molar-refractivity contribution < 1.29 is 4.74 Å². The summed E-state index contributed by atoms with van der Waals surface area (Å²) in [6.45, 7) is 8.96. The summed E-state index contributed by atoms with van der Waals surface area (Å²) in [5, 5.41) is 0. The van der Waals surface area contributed by atoms with Crippen molar-refractivity contribution in [2.24, 2.45) is 0 Å². The van der Waals surface area contributed by atoms with E-state index in [1.54, 1.807) is 0 Å². The largest absolute Gasteiger partial charge is 0.477 e. The summed E-state index contributed by atoms with van der Waals surface area (Å²) in [5.74, 6) is 1.09. The summed E-state index contributed by atoms with van der Waals surface area (Å²) in [6.07, 6.45) is 8.07. The van der Waals surface area contributed by atoms with E-state index in [1.165, 1.54) is 36.8 Å².